The highest BCUT2D eigenvalue weighted by Crippen LogP contribution is 2.48. The first-order chi connectivity index (χ1) is 30.8. The lowest BCUT2D eigenvalue weighted by atomic mass is 9.34. The largest absolute Gasteiger partial charge is 0.458 e. The monoisotopic (exact) mass is 810 g/mol. The number of benzene rings is 9. The Labute approximate surface area is 371 Å². The third-order valence-corrected chi connectivity index (χ3v) is 12.7. The van der Waals surface area contributed by atoms with E-state index in [9.17, 15) is 0 Å². The van der Waals surface area contributed by atoms with E-state index >= 15 is 0 Å². The Kier molecular flexibility index (Phi) is 9.39. The van der Waals surface area contributed by atoms with Crippen molar-refractivity contribution in [2.75, 3.05) is 9.80 Å². The summed E-state index contributed by atoms with van der Waals surface area (Å²) >= 11 is 0. The van der Waals surface area contributed by atoms with E-state index in [4.69, 9.17) is 4.74 Å². The van der Waals surface area contributed by atoms with Gasteiger partial charge in [0.05, 0.1) is 5.69 Å². The highest BCUT2D eigenvalue weighted by Gasteiger charge is 2.43. The predicted molar refractivity (Wildman–Crippen MR) is 267 cm³/mol. The van der Waals surface area contributed by atoms with E-state index in [-0.39, 0.29) is 12.1 Å². The molecule has 0 bridgehead atoms. The molecule has 0 radical (unpaired) electrons. The normalized spacial score (nSPS) is 12.5. The van der Waals surface area contributed by atoms with Gasteiger partial charge in [0.25, 0.3) is 6.71 Å². The zero-order chi connectivity index (χ0) is 42.7. The fourth-order valence-electron chi connectivity index (χ4n) is 9.60. The first kappa shape index (κ1) is 38.4. The van der Waals surface area contributed by atoms with Crippen LogP contribution in [0.1, 0.15) is 31.9 Å². The summed E-state index contributed by atoms with van der Waals surface area (Å²) in [7, 11) is 0. The molecule has 0 atom stereocenters. The van der Waals surface area contributed by atoms with Crippen LogP contribution in [-0.4, -0.2) is 6.71 Å². The summed E-state index contributed by atoms with van der Waals surface area (Å²) in [5.74, 6) is 1.77. The van der Waals surface area contributed by atoms with E-state index < -0.39 is 0 Å². The maximum absolute atomic E-state index is 7.15. The van der Waals surface area contributed by atoms with Crippen molar-refractivity contribution in [3.8, 4) is 44.9 Å². The van der Waals surface area contributed by atoms with Crippen molar-refractivity contribution in [3.63, 3.8) is 0 Å². The van der Waals surface area contributed by atoms with E-state index in [0.717, 1.165) is 51.0 Å². The van der Waals surface area contributed by atoms with Crippen LogP contribution >= 0.6 is 0 Å². The lowest BCUT2D eigenvalue weighted by molar-refractivity contribution is 0.487. The summed E-state index contributed by atoms with van der Waals surface area (Å²) < 4.78 is 7.15. The van der Waals surface area contributed by atoms with Crippen LogP contribution in [0.4, 0.5) is 34.1 Å². The van der Waals surface area contributed by atoms with E-state index in [1.807, 2.05) is 0 Å². The van der Waals surface area contributed by atoms with Crippen LogP contribution in [0, 0.1) is 6.92 Å². The van der Waals surface area contributed by atoms with Crippen LogP contribution in [0.25, 0.3) is 33.4 Å². The SMILES string of the molecule is Cc1cc2c3c(c1)N(c1ccc(-c4ccccc4)cc1-c1cccc(C(C)(C)C)c1)c1cc(-c4ccccc4)ccc1B3c1ccc(N(c3ccccc3)c3ccccc3)cc1O2. The van der Waals surface area contributed by atoms with Crippen molar-refractivity contribution in [1.82, 2.24) is 0 Å². The molecular formula is C59H47BN2O. The van der Waals surface area contributed by atoms with Gasteiger partial charge in [-0.25, -0.2) is 0 Å². The van der Waals surface area contributed by atoms with Gasteiger partial charge in [-0.15, -0.1) is 0 Å². The molecule has 2 heterocycles. The maximum atomic E-state index is 7.15. The van der Waals surface area contributed by atoms with Crippen LogP contribution < -0.4 is 30.9 Å². The van der Waals surface area contributed by atoms with Gasteiger partial charge >= 0.3 is 0 Å². The van der Waals surface area contributed by atoms with Gasteiger partial charge in [0.1, 0.15) is 11.5 Å². The smallest absolute Gasteiger partial charge is 0.256 e. The molecule has 4 heteroatoms. The Morgan fingerprint density at radius 1 is 0.429 bits per heavy atom. The minimum atomic E-state index is -0.0531. The zero-order valence-electron chi connectivity index (χ0n) is 36.1. The van der Waals surface area contributed by atoms with Gasteiger partial charge in [-0.05, 0) is 128 Å². The second-order valence-corrected chi connectivity index (χ2v) is 17.9. The van der Waals surface area contributed by atoms with Crippen LogP contribution in [0.15, 0.2) is 212 Å². The molecule has 0 amide bonds. The molecule has 3 nitrogen and oxygen atoms in total. The molecule has 0 saturated carbocycles. The maximum Gasteiger partial charge on any atom is 0.256 e. The number of rotatable bonds is 7. The number of para-hydroxylation sites is 2. The molecule has 0 aromatic heterocycles. The van der Waals surface area contributed by atoms with Crippen LogP contribution in [0.5, 0.6) is 11.5 Å². The number of hydrogen-bond donors (Lipinski definition) is 0. The van der Waals surface area contributed by atoms with E-state index in [0.29, 0.717) is 0 Å². The van der Waals surface area contributed by atoms with Gasteiger partial charge in [-0.1, -0.05) is 166 Å². The van der Waals surface area contributed by atoms with Crippen molar-refractivity contribution >= 4 is 57.2 Å². The molecule has 2 aliphatic heterocycles. The Morgan fingerprint density at radius 2 is 1.02 bits per heavy atom. The molecule has 0 aliphatic carbocycles. The van der Waals surface area contributed by atoms with E-state index in [1.165, 1.54) is 55.6 Å². The molecule has 9 aromatic rings. The number of nitrogens with zero attached hydrogens (tertiary/aromatic N) is 2. The molecule has 0 spiro atoms. The standard InChI is InChI=1S/C59H47BN2O/c1-40-34-55-58-57(35-40)63-56-39-49(61(47-24-13-7-14-25-47)48-26-15-8-16-27-48)30-32-52(56)60(58)51-31-28-44(42-20-11-6-12-21-42)38-54(51)62(55)53-33-29-43(41-18-9-5-10-19-41)37-50(53)45-22-17-23-46(36-45)59(2,3)4/h5-39H,1-4H3. The number of aryl methyl sites for hydroxylation is 1. The number of ether oxygens (including phenoxy) is 1. The topological polar surface area (TPSA) is 15.7 Å². The Morgan fingerprint density at radius 3 is 1.67 bits per heavy atom. The fraction of sp³-hybridized carbons (Fsp3) is 0.0847. The van der Waals surface area contributed by atoms with Crippen molar-refractivity contribution in [3.05, 3.63) is 223 Å². The summed E-state index contributed by atoms with van der Waals surface area (Å²) in [6, 6.07) is 77.2. The van der Waals surface area contributed by atoms with E-state index in [1.54, 1.807) is 0 Å². The number of anilines is 6. The van der Waals surface area contributed by atoms with Crippen molar-refractivity contribution in [2.45, 2.75) is 33.1 Å². The Bertz CT molecular complexity index is 3100. The van der Waals surface area contributed by atoms with Gasteiger partial charge < -0.3 is 14.5 Å². The fourth-order valence-corrected chi connectivity index (χ4v) is 9.60. The highest BCUT2D eigenvalue weighted by atomic mass is 16.5. The quantitative estimate of drug-likeness (QED) is 0.149. The van der Waals surface area contributed by atoms with Crippen LogP contribution in [-0.2, 0) is 5.41 Å². The van der Waals surface area contributed by atoms with Gasteiger partial charge in [0, 0.05) is 40.1 Å². The minimum absolute atomic E-state index is 0.0117. The van der Waals surface area contributed by atoms with Crippen molar-refractivity contribution in [1.29, 1.82) is 0 Å². The molecule has 2 aliphatic rings. The lowest BCUT2D eigenvalue weighted by Gasteiger charge is -2.41. The summed E-state index contributed by atoms with van der Waals surface area (Å²) in [5.41, 5.74) is 19.8. The molecule has 302 valence electrons. The van der Waals surface area contributed by atoms with Crippen LogP contribution in [0.2, 0.25) is 0 Å². The first-order valence-corrected chi connectivity index (χ1v) is 21.9. The molecule has 0 saturated heterocycles. The highest BCUT2D eigenvalue weighted by molar-refractivity contribution is 6.99. The molecule has 0 N–H and O–H groups in total. The van der Waals surface area contributed by atoms with Crippen LogP contribution in [0.3, 0.4) is 0 Å². The van der Waals surface area contributed by atoms with E-state index in [2.05, 4.69) is 250 Å². The Hall–Kier alpha value is -7.56. The number of fused-ring (bicyclic) bond motifs is 4. The second-order valence-electron chi connectivity index (χ2n) is 17.9. The third-order valence-electron chi connectivity index (χ3n) is 12.7. The molecule has 9 aromatic carbocycles. The average Bonchev–Trinajstić information content (AvgIpc) is 3.32. The van der Waals surface area contributed by atoms with Gasteiger partial charge in [-0.3, -0.25) is 0 Å². The molecular weight excluding hydrogens is 763 g/mol. The zero-order valence-corrected chi connectivity index (χ0v) is 36.1. The summed E-state index contributed by atoms with van der Waals surface area (Å²) in [4.78, 5) is 4.83. The van der Waals surface area contributed by atoms with Gasteiger partial charge in [0.2, 0.25) is 0 Å². The molecule has 11 rings (SSSR count). The van der Waals surface area contributed by atoms with Gasteiger partial charge in [-0.2, -0.15) is 0 Å². The summed E-state index contributed by atoms with van der Waals surface area (Å²) in [6.45, 7) is 9.01. The Balaban J connectivity index is 1.15. The van der Waals surface area contributed by atoms with Gasteiger partial charge in [0.15, 0.2) is 0 Å². The lowest BCUT2D eigenvalue weighted by Crippen LogP contribution is -2.59. The summed E-state index contributed by atoms with van der Waals surface area (Å²) in [6.07, 6.45) is 0. The first-order valence-electron chi connectivity index (χ1n) is 21.9. The summed E-state index contributed by atoms with van der Waals surface area (Å²) in [5, 5.41) is 0. The molecule has 0 fully saturated rings. The minimum Gasteiger partial charge on any atom is -0.458 e. The molecule has 63 heavy (non-hydrogen) atoms. The predicted octanol–water partition coefficient (Wildman–Crippen LogP) is 14.2. The second kappa shape index (κ2) is 15.4. The van der Waals surface area contributed by atoms with Crippen molar-refractivity contribution < 1.29 is 4.74 Å². The third kappa shape index (κ3) is 6.89. The average molecular weight is 811 g/mol. The van der Waals surface area contributed by atoms with Crippen molar-refractivity contribution in [2.24, 2.45) is 0 Å². The number of hydrogen-bond acceptors (Lipinski definition) is 3. The molecule has 0 unspecified atom stereocenters.